The number of nitrogens with zero attached hydrogens (tertiary/aromatic N) is 2. The van der Waals surface area contributed by atoms with E-state index in [1.807, 2.05) is 24.7 Å². The predicted octanol–water partition coefficient (Wildman–Crippen LogP) is 0.164. The van der Waals surface area contributed by atoms with Gasteiger partial charge >= 0.3 is 0 Å². The monoisotopic (exact) mass is 210 g/mol. The minimum Gasteiger partial charge on any atom is -0.347 e. The lowest BCUT2D eigenvalue weighted by Crippen LogP contribution is -2.50. The molecule has 1 aromatic rings. The number of aromatic nitrogens is 2. The van der Waals surface area contributed by atoms with Crippen LogP contribution in [0.15, 0.2) is 12.4 Å². The fourth-order valence-electron chi connectivity index (χ4n) is 1.09. The highest BCUT2D eigenvalue weighted by atomic mass is 16.2. The van der Waals surface area contributed by atoms with E-state index in [4.69, 9.17) is 5.73 Å². The normalized spacial score (nSPS) is 14.7. The molecule has 5 heteroatoms. The van der Waals surface area contributed by atoms with Gasteiger partial charge in [0.1, 0.15) is 5.82 Å². The van der Waals surface area contributed by atoms with Gasteiger partial charge in [-0.1, -0.05) is 6.92 Å². The van der Waals surface area contributed by atoms with Crippen molar-refractivity contribution >= 4 is 5.91 Å². The predicted molar refractivity (Wildman–Crippen MR) is 57.9 cm³/mol. The summed E-state index contributed by atoms with van der Waals surface area (Å²) in [6, 6.07) is 0. The molecular formula is C10H18N4O. The number of hydrogen-bond donors (Lipinski definition) is 2. The van der Waals surface area contributed by atoms with Gasteiger partial charge in [0.25, 0.3) is 0 Å². The van der Waals surface area contributed by atoms with E-state index in [0.717, 1.165) is 5.82 Å². The number of carbonyl (C=O) groups is 1. The van der Waals surface area contributed by atoms with E-state index >= 15 is 0 Å². The Kier molecular flexibility index (Phi) is 3.47. The molecule has 0 saturated heterocycles. The largest absolute Gasteiger partial charge is 0.347 e. The van der Waals surface area contributed by atoms with Crippen molar-refractivity contribution in [1.29, 1.82) is 0 Å². The molecule has 1 atom stereocenters. The average Bonchev–Trinajstić information content (AvgIpc) is 2.60. The van der Waals surface area contributed by atoms with Crippen LogP contribution in [-0.4, -0.2) is 21.0 Å². The fourth-order valence-corrected chi connectivity index (χ4v) is 1.09. The molecule has 1 aromatic heterocycles. The molecule has 0 aromatic carbocycles. The van der Waals surface area contributed by atoms with Gasteiger partial charge in [0.05, 0.1) is 12.1 Å². The lowest BCUT2D eigenvalue weighted by molar-refractivity contribution is -0.126. The lowest BCUT2D eigenvalue weighted by atomic mass is 10.00. The van der Waals surface area contributed by atoms with Crippen molar-refractivity contribution in [3.63, 3.8) is 0 Å². The van der Waals surface area contributed by atoms with Crippen LogP contribution in [0.3, 0.4) is 0 Å². The number of amides is 1. The highest BCUT2D eigenvalue weighted by Crippen LogP contribution is 2.04. The minimum atomic E-state index is -0.800. The Morgan fingerprint density at radius 1 is 1.73 bits per heavy atom. The van der Waals surface area contributed by atoms with Crippen LogP contribution < -0.4 is 11.1 Å². The van der Waals surface area contributed by atoms with E-state index < -0.39 is 5.54 Å². The third-order valence-corrected chi connectivity index (χ3v) is 2.58. The molecule has 0 aliphatic rings. The van der Waals surface area contributed by atoms with E-state index in [-0.39, 0.29) is 5.91 Å². The Bertz CT molecular complexity index is 343. The van der Waals surface area contributed by atoms with Crippen LogP contribution in [0.4, 0.5) is 0 Å². The number of carbonyl (C=O) groups excluding carboxylic acids is 1. The van der Waals surface area contributed by atoms with Crippen LogP contribution in [0.2, 0.25) is 0 Å². The lowest BCUT2D eigenvalue weighted by Gasteiger charge is -2.21. The number of rotatable bonds is 4. The van der Waals surface area contributed by atoms with Gasteiger partial charge in [-0.2, -0.15) is 0 Å². The van der Waals surface area contributed by atoms with Gasteiger partial charge in [-0.05, 0) is 13.3 Å². The molecule has 0 fully saturated rings. The molecule has 1 heterocycles. The maximum Gasteiger partial charge on any atom is 0.240 e. The zero-order chi connectivity index (χ0) is 11.5. The number of aryl methyl sites for hydroxylation is 1. The zero-order valence-corrected chi connectivity index (χ0v) is 9.45. The van der Waals surface area contributed by atoms with E-state index in [2.05, 4.69) is 10.3 Å². The summed E-state index contributed by atoms with van der Waals surface area (Å²) in [5.41, 5.74) is 5.00. The first-order chi connectivity index (χ1) is 6.97. The average molecular weight is 210 g/mol. The first kappa shape index (κ1) is 11.7. The SMILES string of the molecule is CCC(C)(N)C(=O)NCc1nccn1C. The summed E-state index contributed by atoms with van der Waals surface area (Å²) in [5, 5.41) is 2.77. The summed E-state index contributed by atoms with van der Waals surface area (Å²) < 4.78 is 1.86. The molecule has 5 nitrogen and oxygen atoms in total. The van der Waals surface area contributed by atoms with Gasteiger partial charge in [0.15, 0.2) is 0 Å². The molecule has 3 N–H and O–H groups in total. The van der Waals surface area contributed by atoms with E-state index in [0.29, 0.717) is 13.0 Å². The minimum absolute atomic E-state index is 0.145. The molecule has 0 radical (unpaired) electrons. The molecule has 1 amide bonds. The molecule has 0 aliphatic heterocycles. The van der Waals surface area contributed by atoms with Crippen LogP contribution in [0, 0.1) is 0 Å². The van der Waals surface area contributed by atoms with Crippen molar-refractivity contribution in [2.24, 2.45) is 12.8 Å². The van der Waals surface area contributed by atoms with Gasteiger partial charge in [-0.15, -0.1) is 0 Å². The molecular weight excluding hydrogens is 192 g/mol. The van der Waals surface area contributed by atoms with E-state index in [9.17, 15) is 4.79 Å². The number of hydrogen-bond acceptors (Lipinski definition) is 3. The summed E-state index contributed by atoms with van der Waals surface area (Å²) >= 11 is 0. The molecule has 1 unspecified atom stereocenters. The number of imidazole rings is 1. The standard InChI is InChI=1S/C10H18N4O/c1-4-10(2,11)9(15)13-7-8-12-5-6-14(8)3/h5-6H,4,7,11H2,1-3H3,(H,13,15). The maximum atomic E-state index is 11.6. The summed E-state index contributed by atoms with van der Waals surface area (Å²) in [7, 11) is 1.88. The van der Waals surface area contributed by atoms with Crippen molar-refractivity contribution in [2.75, 3.05) is 0 Å². The Hall–Kier alpha value is -1.36. The van der Waals surface area contributed by atoms with Gasteiger partial charge in [0.2, 0.25) is 5.91 Å². The van der Waals surface area contributed by atoms with Crippen LogP contribution in [0.25, 0.3) is 0 Å². The van der Waals surface area contributed by atoms with Crippen LogP contribution in [-0.2, 0) is 18.4 Å². The van der Waals surface area contributed by atoms with Gasteiger partial charge in [-0.3, -0.25) is 4.79 Å². The number of nitrogens with one attached hydrogen (secondary N) is 1. The van der Waals surface area contributed by atoms with Crippen molar-refractivity contribution in [1.82, 2.24) is 14.9 Å². The molecule has 0 saturated carbocycles. The fraction of sp³-hybridized carbons (Fsp3) is 0.600. The molecule has 0 aliphatic carbocycles. The van der Waals surface area contributed by atoms with E-state index in [1.165, 1.54) is 0 Å². The van der Waals surface area contributed by atoms with Crippen LogP contribution in [0.5, 0.6) is 0 Å². The van der Waals surface area contributed by atoms with Crippen LogP contribution >= 0.6 is 0 Å². The van der Waals surface area contributed by atoms with Crippen molar-refractivity contribution in [3.05, 3.63) is 18.2 Å². The third-order valence-electron chi connectivity index (χ3n) is 2.58. The highest BCUT2D eigenvalue weighted by Gasteiger charge is 2.25. The second-order valence-corrected chi connectivity index (χ2v) is 3.91. The molecule has 0 bridgehead atoms. The third kappa shape index (κ3) is 2.79. The second kappa shape index (κ2) is 4.44. The van der Waals surface area contributed by atoms with Gasteiger partial charge in [0, 0.05) is 19.4 Å². The second-order valence-electron chi connectivity index (χ2n) is 3.91. The highest BCUT2D eigenvalue weighted by molar-refractivity contribution is 5.85. The van der Waals surface area contributed by atoms with Crippen molar-refractivity contribution in [2.45, 2.75) is 32.4 Å². The maximum absolute atomic E-state index is 11.6. The Morgan fingerprint density at radius 3 is 2.87 bits per heavy atom. The number of nitrogens with two attached hydrogens (primary N) is 1. The quantitative estimate of drug-likeness (QED) is 0.743. The Morgan fingerprint density at radius 2 is 2.40 bits per heavy atom. The first-order valence-corrected chi connectivity index (χ1v) is 5.00. The van der Waals surface area contributed by atoms with Gasteiger partial charge < -0.3 is 15.6 Å². The first-order valence-electron chi connectivity index (χ1n) is 5.00. The van der Waals surface area contributed by atoms with Crippen molar-refractivity contribution in [3.8, 4) is 0 Å². The smallest absolute Gasteiger partial charge is 0.240 e. The Balaban J connectivity index is 2.52. The molecule has 0 spiro atoms. The summed E-state index contributed by atoms with van der Waals surface area (Å²) in [6.07, 6.45) is 4.14. The molecule has 84 valence electrons. The van der Waals surface area contributed by atoms with Crippen molar-refractivity contribution < 1.29 is 4.79 Å². The van der Waals surface area contributed by atoms with Gasteiger partial charge in [-0.25, -0.2) is 4.98 Å². The van der Waals surface area contributed by atoms with E-state index in [1.54, 1.807) is 13.1 Å². The molecule has 1 rings (SSSR count). The zero-order valence-electron chi connectivity index (χ0n) is 9.45. The molecule has 15 heavy (non-hydrogen) atoms. The van der Waals surface area contributed by atoms with Crippen LogP contribution in [0.1, 0.15) is 26.1 Å². The topological polar surface area (TPSA) is 72.9 Å². The summed E-state index contributed by atoms with van der Waals surface area (Å²) in [5.74, 6) is 0.670. The Labute approximate surface area is 89.7 Å². The summed E-state index contributed by atoms with van der Waals surface area (Å²) in [6.45, 7) is 4.02. The summed E-state index contributed by atoms with van der Waals surface area (Å²) in [4.78, 5) is 15.7.